The van der Waals surface area contributed by atoms with E-state index < -0.39 is 12.1 Å². The quantitative estimate of drug-likeness (QED) is 0.658. The number of carboxylic acid groups (broad SMARTS) is 1. The summed E-state index contributed by atoms with van der Waals surface area (Å²) in [5, 5.41) is 7.12. The lowest BCUT2D eigenvalue weighted by Gasteiger charge is -2.39. The fraction of sp³-hybridized carbons (Fsp3) is 0.625. The number of nitrogens with zero attached hydrogens (tertiary/aromatic N) is 3. The number of amides is 2. The van der Waals surface area contributed by atoms with Crippen LogP contribution in [0.5, 0.6) is 5.75 Å². The van der Waals surface area contributed by atoms with E-state index in [1.165, 1.54) is 0 Å². The van der Waals surface area contributed by atoms with Crippen LogP contribution in [0, 0.1) is 5.41 Å². The van der Waals surface area contributed by atoms with Crippen molar-refractivity contribution < 1.29 is 42.1 Å². The highest BCUT2D eigenvalue weighted by Gasteiger charge is 2.54. The van der Waals surface area contributed by atoms with Gasteiger partial charge in [0, 0.05) is 37.8 Å². The minimum atomic E-state index is -5.08. The smallest absolute Gasteiger partial charge is 0.490 e. The molecule has 3 aliphatic heterocycles. The predicted molar refractivity (Wildman–Crippen MR) is 123 cm³/mol. The molecule has 3 saturated heterocycles. The number of ether oxygens (including phenoxy) is 2. The number of likely N-dealkylation sites (tertiary alicyclic amines) is 2. The van der Waals surface area contributed by atoms with Crippen LogP contribution in [0.1, 0.15) is 29.6 Å². The van der Waals surface area contributed by atoms with Gasteiger partial charge in [-0.3, -0.25) is 9.59 Å². The molecule has 12 heteroatoms. The number of rotatable bonds is 3. The van der Waals surface area contributed by atoms with Gasteiger partial charge in [-0.2, -0.15) is 13.2 Å². The standard InChI is InChI=1S/C22H31N3O4.C2HF3O2/c1-23-11-8-22(21(27)25-13-15-29-16-14-25)9-12-24(10-7-19(22)23)20(26)17-3-5-18(28-2)6-4-17;3-2(4,5)1(6)7/h3-6,19H,7-16H2,1-2H3;(H,6,7)/t19-,22-;/m1./s1. The van der Waals surface area contributed by atoms with E-state index in [2.05, 4.69) is 11.9 Å². The third kappa shape index (κ3) is 6.09. The number of hydrogen-bond acceptors (Lipinski definition) is 6. The molecular weight excluding hydrogens is 483 g/mol. The first kappa shape index (κ1) is 27.7. The van der Waals surface area contributed by atoms with Gasteiger partial charge in [0.05, 0.1) is 25.7 Å². The number of methoxy groups -OCH3 is 1. The molecule has 0 unspecified atom stereocenters. The predicted octanol–water partition coefficient (Wildman–Crippen LogP) is 2.11. The van der Waals surface area contributed by atoms with Crippen LogP contribution in [0.4, 0.5) is 13.2 Å². The van der Waals surface area contributed by atoms with Gasteiger partial charge in [-0.1, -0.05) is 0 Å². The first-order chi connectivity index (χ1) is 17.0. The summed E-state index contributed by atoms with van der Waals surface area (Å²) in [5.41, 5.74) is 0.279. The number of aliphatic carboxylic acids is 1. The molecule has 0 spiro atoms. The Hall–Kier alpha value is -2.86. The molecule has 0 radical (unpaired) electrons. The van der Waals surface area contributed by atoms with Crippen molar-refractivity contribution in [3.63, 3.8) is 0 Å². The van der Waals surface area contributed by atoms with Crippen molar-refractivity contribution in [3.05, 3.63) is 29.8 Å². The van der Waals surface area contributed by atoms with Gasteiger partial charge in [0.15, 0.2) is 0 Å². The highest BCUT2D eigenvalue weighted by molar-refractivity contribution is 5.94. The second-order valence-corrected chi connectivity index (χ2v) is 9.17. The fourth-order valence-corrected chi connectivity index (χ4v) is 5.19. The molecule has 36 heavy (non-hydrogen) atoms. The van der Waals surface area contributed by atoms with Gasteiger partial charge < -0.3 is 29.3 Å². The zero-order valence-electron chi connectivity index (χ0n) is 20.4. The molecule has 1 aromatic carbocycles. The second-order valence-electron chi connectivity index (χ2n) is 9.17. The minimum Gasteiger partial charge on any atom is -0.497 e. The van der Waals surface area contributed by atoms with E-state index in [-0.39, 0.29) is 23.3 Å². The van der Waals surface area contributed by atoms with Crippen molar-refractivity contribution in [1.29, 1.82) is 0 Å². The molecule has 0 aromatic heterocycles. The fourth-order valence-electron chi connectivity index (χ4n) is 5.19. The number of carbonyl (C=O) groups excluding carboxylic acids is 2. The molecule has 0 bridgehead atoms. The van der Waals surface area contributed by atoms with Gasteiger partial charge in [-0.05, 0) is 57.1 Å². The van der Waals surface area contributed by atoms with Crippen molar-refractivity contribution in [2.75, 3.05) is 60.1 Å². The molecule has 4 rings (SSSR count). The Morgan fingerprint density at radius 2 is 1.58 bits per heavy atom. The van der Waals surface area contributed by atoms with Crippen molar-refractivity contribution in [1.82, 2.24) is 14.7 Å². The molecule has 0 saturated carbocycles. The lowest BCUT2D eigenvalue weighted by molar-refractivity contribution is -0.192. The van der Waals surface area contributed by atoms with Gasteiger partial charge in [-0.25, -0.2) is 4.79 Å². The first-order valence-electron chi connectivity index (χ1n) is 11.8. The lowest BCUT2D eigenvalue weighted by atomic mass is 9.75. The van der Waals surface area contributed by atoms with Crippen molar-refractivity contribution in [3.8, 4) is 5.75 Å². The first-order valence-corrected chi connectivity index (χ1v) is 11.8. The van der Waals surface area contributed by atoms with Crippen LogP contribution in [-0.2, 0) is 14.3 Å². The maximum atomic E-state index is 13.6. The van der Waals surface area contributed by atoms with Crippen LogP contribution >= 0.6 is 0 Å². The van der Waals surface area contributed by atoms with E-state index in [9.17, 15) is 22.8 Å². The van der Waals surface area contributed by atoms with Gasteiger partial charge in [0.1, 0.15) is 5.75 Å². The summed E-state index contributed by atoms with van der Waals surface area (Å²) >= 11 is 0. The van der Waals surface area contributed by atoms with Gasteiger partial charge in [0.2, 0.25) is 5.91 Å². The Labute approximate surface area is 207 Å². The van der Waals surface area contributed by atoms with Crippen molar-refractivity contribution >= 4 is 17.8 Å². The van der Waals surface area contributed by atoms with Gasteiger partial charge in [-0.15, -0.1) is 0 Å². The van der Waals surface area contributed by atoms with Gasteiger partial charge >= 0.3 is 12.1 Å². The molecule has 2 atom stereocenters. The summed E-state index contributed by atoms with van der Waals surface area (Å²) in [7, 11) is 3.73. The summed E-state index contributed by atoms with van der Waals surface area (Å²) in [4.78, 5) is 41.8. The van der Waals surface area contributed by atoms with Crippen LogP contribution in [0.2, 0.25) is 0 Å². The third-order valence-electron chi connectivity index (χ3n) is 7.17. The monoisotopic (exact) mass is 515 g/mol. The molecule has 0 aliphatic carbocycles. The van der Waals surface area contributed by atoms with E-state index in [1.807, 2.05) is 34.1 Å². The maximum Gasteiger partial charge on any atom is 0.490 e. The zero-order valence-corrected chi connectivity index (χ0v) is 20.4. The molecule has 200 valence electrons. The molecular formula is C24H32F3N3O6. The molecule has 3 aliphatic rings. The summed E-state index contributed by atoms with van der Waals surface area (Å²) in [6.07, 6.45) is -2.66. The second kappa shape index (κ2) is 11.5. The zero-order chi connectivity index (χ0) is 26.5. The van der Waals surface area contributed by atoms with Crippen molar-refractivity contribution in [2.24, 2.45) is 5.41 Å². The number of carboxylic acids is 1. The number of fused-ring (bicyclic) bond motifs is 1. The van der Waals surface area contributed by atoms with Crippen molar-refractivity contribution in [2.45, 2.75) is 31.5 Å². The van der Waals surface area contributed by atoms with Crippen LogP contribution in [0.25, 0.3) is 0 Å². The Balaban J connectivity index is 0.000000454. The Morgan fingerprint density at radius 1 is 1.00 bits per heavy atom. The number of alkyl halides is 3. The number of benzene rings is 1. The summed E-state index contributed by atoms with van der Waals surface area (Å²) < 4.78 is 42.4. The Morgan fingerprint density at radius 3 is 2.14 bits per heavy atom. The Bertz CT molecular complexity index is 936. The van der Waals surface area contributed by atoms with Crippen LogP contribution < -0.4 is 4.74 Å². The van der Waals surface area contributed by atoms with E-state index in [0.29, 0.717) is 45.0 Å². The molecule has 3 heterocycles. The summed E-state index contributed by atoms with van der Waals surface area (Å²) in [6.45, 7) is 4.81. The van der Waals surface area contributed by atoms with Crippen LogP contribution in [0.15, 0.2) is 24.3 Å². The largest absolute Gasteiger partial charge is 0.497 e. The topological polar surface area (TPSA) is 99.6 Å². The Kier molecular flexibility index (Phi) is 8.83. The number of carbonyl (C=O) groups is 3. The molecule has 2 amide bonds. The molecule has 1 N–H and O–H groups in total. The van der Waals surface area contributed by atoms with E-state index in [1.54, 1.807) is 7.11 Å². The molecule has 9 nitrogen and oxygen atoms in total. The third-order valence-corrected chi connectivity index (χ3v) is 7.17. The number of halogens is 3. The molecule has 1 aromatic rings. The molecule has 3 fully saturated rings. The lowest BCUT2D eigenvalue weighted by Crippen LogP contribution is -2.53. The normalized spacial score (nSPS) is 24.8. The van der Waals surface area contributed by atoms with Gasteiger partial charge in [0.25, 0.3) is 5.91 Å². The minimum absolute atomic E-state index is 0.0317. The number of morpholine rings is 1. The highest BCUT2D eigenvalue weighted by Crippen LogP contribution is 2.44. The average Bonchev–Trinajstić information content (AvgIpc) is 3.06. The van der Waals surface area contributed by atoms with Crippen LogP contribution in [0.3, 0.4) is 0 Å². The average molecular weight is 516 g/mol. The maximum absolute atomic E-state index is 13.6. The summed E-state index contributed by atoms with van der Waals surface area (Å²) in [5.74, 6) is -1.73. The summed E-state index contributed by atoms with van der Waals surface area (Å²) in [6, 6.07) is 7.45. The van der Waals surface area contributed by atoms with E-state index >= 15 is 0 Å². The van der Waals surface area contributed by atoms with E-state index in [0.717, 1.165) is 31.6 Å². The highest BCUT2D eigenvalue weighted by atomic mass is 19.4. The van der Waals surface area contributed by atoms with Crippen LogP contribution in [-0.4, -0.2) is 110 Å². The van der Waals surface area contributed by atoms with E-state index in [4.69, 9.17) is 19.4 Å². The number of hydrogen-bond donors (Lipinski definition) is 1. The SMILES string of the molecule is COc1ccc(C(=O)N2CC[C@H]3N(C)CC[C@@]3(C(=O)N3CCOCC3)CC2)cc1.O=C(O)C(F)(F)F.